The van der Waals surface area contributed by atoms with Gasteiger partial charge in [-0.15, -0.1) is 11.3 Å². The van der Waals surface area contributed by atoms with E-state index in [1.165, 1.54) is 42.5 Å². The maximum absolute atomic E-state index is 12.6. The molecule has 0 saturated heterocycles. The fourth-order valence-corrected chi connectivity index (χ4v) is 4.32. The summed E-state index contributed by atoms with van der Waals surface area (Å²) in [5.41, 5.74) is 1.18. The zero-order valence-electron chi connectivity index (χ0n) is 12.5. The van der Waals surface area contributed by atoms with E-state index in [2.05, 4.69) is 26.8 Å². The van der Waals surface area contributed by atoms with Crippen LogP contribution in [0.5, 0.6) is 0 Å². The van der Waals surface area contributed by atoms with Gasteiger partial charge in [0, 0.05) is 10.8 Å². The lowest BCUT2D eigenvalue weighted by molar-refractivity contribution is 0.0873. The van der Waals surface area contributed by atoms with Gasteiger partial charge in [-0.2, -0.15) is 0 Å². The highest BCUT2D eigenvalue weighted by molar-refractivity contribution is 7.14. The number of aryl methyl sites for hydroxylation is 2. The van der Waals surface area contributed by atoms with Crippen LogP contribution < -0.4 is 0 Å². The molecule has 0 amide bonds. The molecule has 1 heterocycles. The van der Waals surface area contributed by atoms with Crippen molar-refractivity contribution < 1.29 is 4.79 Å². The normalized spacial score (nSPS) is 23.5. The van der Waals surface area contributed by atoms with Crippen LogP contribution in [0.1, 0.15) is 72.0 Å². The Bertz CT molecular complexity index is 424. The number of hydrogen-bond donors (Lipinski definition) is 0. The number of carbonyl (C=O) groups excluding carboxylic acids is 1. The second-order valence-electron chi connectivity index (χ2n) is 6.09. The van der Waals surface area contributed by atoms with Crippen LogP contribution in [0.25, 0.3) is 0 Å². The average Bonchev–Trinajstić information content (AvgIpc) is 2.75. The highest BCUT2D eigenvalue weighted by atomic mass is 32.1. The third kappa shape index (κ3) is 3.68. The summed E-state index contributed by atoms with van der Waals surface area (Å²) < 4.78 is 0. The Morgan fingerprint density at radius 1 is 1.26 bits per heavy atom. The standard InChI is InChI=1S/C17H26OS/c1-4-5-6-14-7-9-15(10-8-14)16(18)17-12(2)11-13(3)19-17/h11,14-15H,4-10H2,1-3H3. The van der Waals surface area contributed by atoms with Gasteiger partial charge in [0.15, 0.2) is 5.78 Å². The molecule has 2 rings (SSSR count). The Morgan fingerprint density at radius 3 is 2.47 bits per heavy atom. The van der Waals surface area contributed by atoms with Crippen molar-refractivity contribution in [2.45, 2.75) is 65.7 Å². The molecular formula is C17H26OS. The van der Waals surface area contributed by atoms with E-state index in [0.717, 1.165) is 23.6 Å². The molecule has 1 aromatic heterocycles. The smallest absolute Gasteiger partial charge is 0.176 e. The largest absolute Gasteiger partial charge is 0.293 e. The summed E-state index contributed by atoms with van der Waals surface area (Å²) in [6.45, 7) is 6.43. The number of hydrogen-bond acceptors (Lipinski definition) is 2. The van der Waals surface area contributed by atoms with Gasteiger partial charge < -0.3 is 0 Å². The molecule has 0 spiro atoms. The van der Waals surface area contributed by atoms with E-state index in [0.29, 0.717) is 11.7 Å². The van der Waals surface area contributed by atoms with Crippen molar-refractivity contribution in [2.75, 3.05) is 0 Å². The number of carbonyl (C=O) groups is 1. The van der Waals surface area contributed by atoms with Crippen molar-refractivity contribution in [3.8, 4) is 0 Å². The Hall–Kier alpha value is -0.630. The van der Waals surface area contributed by atoms with Crippen LogP contribution in [0, 0.1) is 25.7 Å². The molecule has 0 aromatic carbocycles. The third-order valence-corrected chi connectivity index (χ3v) is 5.62. The topological polar surface area (TPSA) is 17.1 Å². The summed E-state index contributed by atoms with van der Waals surface area (Å²) >= 11 is 1.68. The molecule has 19 heavy (non-hydrogen) atoms. The Balaban J connectivity index is 1.91. The summed E-state index contributed by atoms with van der Waals surface area (Å²) in [6, 6.07) is 2.14. The lowest BCUT2D eigenvalue weighted by atomic mass is 9.78. The minimum absolute atomic E-state index is 0.301. The molecule has 0 atom stereocenters. The first kappa shape index (κ1) is 14.8. The SMILES string of the molecule is CCCCC1CCC(C(=O)c2sc(C)cc2C)CC1. The van der Waals surface area contributed by atoms with Crippen molar-refractivity contribution in [3.63, 3.8) is 0 Å². The van der Waals surface area contributed by atoms with Gasteiger partial charge in [-0.1, -0.05) is 26.2 Å². The molecule has 1 nitrogen and oxygen atoms in total. The van der Waals surface area contributed by atoms with Crippen LogP contribution in [0.3, 0.4) is 0 Å². The van der Waals surface area contributed by atoms with Crippen LogP contribution in [0.2, 0.25) is 0 Å². The monoisotopic (exact) mass is 278 g/mol. The highest BCUT2D eigenvalue weighted by Crippen LogP contribution is 2.35. The van der Waals surface area contributed by atoms with E-state index < -0.39 is 0 Å². The maximum Gasteiger partial charge on any atom is 0.176 e. The van der Waals surface area contributed by atoms with Gasteiger partial charge in [0.2, 0.25) is 0 Å². The first-order chi connectivity index (χ1) is 9.11. The first-order valence-corrected chi connectivity index (χ1v) is 8.54. The Morgan fingerprint density at radius 2 is 1.95 bits per heavy atom. The number of ketones is 1. The zero-order valence-corrected chi connectivity index (χ0v) is 13.3. The molecule has 1 aliphatic carbocycles. The molecule has 0 bridgehead atoms. The number of unbranched alkanes of at least 4 members (excludes halogenated alkanes) is 1. The second-order valence-corrected chi connectivity index (χ2v) is 7.35. The molecule has 1 aromatic rings. The van der Waals surface area contributed by atoms with Crippen LogP contribution in [0.4, 0.5) is 0 Å². The molecule has 106 valence electrons. The Labute approximate surface area is 121 Å². The maximum atomic E-state index is 12.6. The van der Waals surface area contributed by atoms with Gasteiger partial charge in [-0.05, 0) is 57.1 Å². The predicted molar refractivity (Wildman–Crippen MR) is 83.1 cm³/mol. The highest BCUT2D eigenvalue weighted by Gasteiger charge is 2.28. The van der Waals surface area contributed by atoms with E-state index in [-0.39, 0.29) is 0 Å². The quantitative estimate of drug-likeness (QED) is 0.646. The lowest BCUT2D eigenvalue weighted by Crippen LogP contribution is -2.21. The first-order valence-electron chi connectivity index (χ1n) is 7.73. The lowest BCUT2D eigenvalue weighted by Gasteiger charge is -2.27. The van der Waals surface area contributed by atoms with Gasteiger partial charge >= 0.3 is 0 Å². The van der Waals surface area contributed by atoms with E-state index in [9.17, 15) is 4.79 Å². The molecule has 0 N–H and O–H groups in total. The van der Waals surface area contributed by atoms with Gasteiger partial charge in [0.05, 0.1) is 4.88 Å². The van der Waals surface area contributed by atoms with Gasteiger partial charge in [-0.3, -0.25) is 4.79 Å². The van der Waals surface area contributed by atoms with Crippen molar-refractivity contribution >= 4 is 17.1 Å². The molecule has 0 radical (unpaired) electrons. The molecule has 1 fully saturated rings. The second kappa shape index (κ2) is 6.69. The third-order valence-electron chi connectivity index (χ3n) is 4.45. The van der Waals surface area contributed by atoms with Crippen molar-refractivity contribution in [3.05, 3.63) is 21.4 Å². The van der Waals surface area contributed by atoms with Gasteiger partial charge in [-0.25, -0.2) is 0 Å². The molecule has 2 heteroatoms. The number of Topliss-reactive ketones (excluding diaryl/α,β-unsaturated/α-hetero) is 1. The van der Waals surface area contributed by atoms with Gasteiger partial charge in [0.1, 0.15) is 0 Å². The minimum Gasteiger partial charge on any atom is -0.293 e. The van der Waals surface area contributed by atoms with Crippen LogP contribution in [-0.4, -0.2) is 5.78 Å². The van der Waals surface area contributed by atoms with Crippen LogP contribution in [0.15, 0.2) is 6.07 Å². The Kier molecular flexibility index (Phi) is 5.20. The predicted octanol–water partition coefficient (Wildman–Crippen LogP) is 5.54. The van der Waals surface area contributed by atoms with E-state index in [1.54, 1.807) is 11.3 Å². The van der Waals surface area contributed by atoms with Crippen molar-refractivity contribution in [2.24, 2.45) is 11.8 Å². The summed E-state index contributed by atoms with van der Waals surface area (Å²) in [5.74, 6) is 1.61. The number of rotatable bonds is 5. The summed E-state index contributed by atoms with van der Waals surface area (Å²) in [5, 5.41) is 0. The van der Waals surface area contributed by atoms with Gasteiger partial charge in [0.25, 0.3) is 0 Å². The molecule has 0 aliphatic heterocycles. The van der Waals surface area contributed by atoms with Crippen LogP contribution in [-0.2, 0) is 0 Å². The van der Waals surface area contributed by atoms with E-state index >= 15 is 0 Å². The fraction of sp³-hybridized carbons (Fsp3) is 0.706. The minimum atomic E-state index is 0.301. The van der Waals surface area contributed by atoms with Crippen molar-refractivity contribution in [1.29, 1.82) is 0 Å². The summed E-state index contributed by atoms with van der Waals surface area (Å²) in [4.78, 5) is 14.8. The van der Waals surface area contributed by atoms with E-state index in [1.807, 2.05) is 0 Å². The summed E-state index contributed by atoms with van der Waals surface area (Å²) in [7, 11) is 0. The van der Waals surface area contributed by atoms with Crippen molar-refractivity contribution in [1.82, 2.24) is 0 Å². The average molecular weight is 278 g/mol. The zero-order chi connectivity index (χ0) is 13.8. The molecular weight excluding hydrogens is 252 g/mol. The molecule has 1 saturated carbocycles. The van der Waals surface area contributed by atoms with E-state index in [4.69, 9.17) is 0 Å². The molecule has 0 unspecified atom stereocenters. The van der Waals surface area contributed by atoms with Crippen LogP contribution >= 0.6 is 11.3 Å². The molecule has 1 aliphatic rings. The fourth-order valence-electron chi connectivity index (χ4n) is 3.28. The summed E-state index contributed by atoms with van der Waals surface area (Å²) in [6.07, 6.45) is 8.78. The number of thiophene rings is 1.